The number of nitro groups is 1. The van der Waals surface area contributed by atoms with Gasteiger partial charge < -0.3 is 29.4 Å². The summed E-state index contributed by atoms with van der Waals surface area (Å²) in [7, 11) is 0. The highest BCUT2D eigenvalue weighted by molar-refractivity contribution is 7.99. The number of nitrogens with zero attached hydrogens (tertiary/aromatic N) is 4. The molecule has 3 fully saturated rings. The van der Waals surface area contributed by atoms with Gasteiger partial charge in [0.25, 0.3) is 0 Å². The van der Waals surface area contributed by atoms with Gasteiger partial charge in [-0.15, -0.1) is 0 Å². The smallest absolute Gasteiger partial charge is 0.413 e. The Bertz CT molecular complexity index is 1490. The third kappa shape index (κ3) is 8.11. The molecule has 5 rings (SSSR count). The molecule has 2 N–H and O–H groups in total. The van der Waals surface area contributed by atoms with Gasteiger partial charge in [-0.05, 0) is 71.6 Å². The number of nitrogens with one attached hydrogen (secondary N) is 1. The summed E-state index contributed by atoms with van der Waals surface area (Å²) in [4.78, 5) is 34.4. The molecule has 1 saturated heterocycles. The molecule has 16 heteroatoms. The van der Waals surface area contributed by atoms with Gasteiger partial charge in [-0.1, -0.05) is 24.8 Å². The summed E-state index contributed by atoms with van der Waals surface area (Å²) < 4.78 is 51.9. The SMILES string of the molecule is CCCSc1nc(N[C@@H]2C[C@H](OCCOC(C)(C)C)[C@H]3OC(C)(C)O[C@H]32)c([N+](=O)[O-])c(N(C(=O)O)[C@@H]2C[C@H]2c2ccc(F)c(F)c2)n1. The van der Waals surface area contributed by atoms with Crippen LogP contribution in [0.5, 0.6) is 0 Å². The molecule has 258 valence electrons. The molecule has 1 aliphatic heterocycles. The molecule has 2 aliphatic carbocycles. The third-order valence-electron chi connectivity index (χ3n) is 8.04. The van der Waals surface area contributed by atoms with Crippen LogP contribution in [0, 0.1) is 21.7 Å². The maximum Gasteiger partial charge on any atom is 0.413 e. The lowest BCUT2D eigenvalue weighted by Gasteiger charge is -2.25. The fraction of sp³-hybridized carbons (Fsp3) is 0.645. The van der Waals surface area contributed by atoms with Gasteiger partial charge in [0.2, 0.25) is 11.6 Å². The summed E-state index contributed by atoms with van der Waals surface area (Å²) in [5.74, 6) is -3.53. The van der Waals surface area contributed by atoms with Crippen molar-refractivity contribution in [2.45, 2.75) is 114 Å². The van der Waals surface area contributed by atoms with E-state index in [0.717, 1.165) is 23.5 Å². The van der Waals surface area contributed by atoms with Gasteiger partial charge in [0, 0.05) is 17.7 Å². The van der Waals surface area contributed by atoms with Crippen LogP contribution in [0.25, 0.3) is 0 Å². The van der Waals surface area contributed by atoms with E-state index in [1.807, 2.05) is 27.7 Å². The van der Waals surface area contributed by atoms with Crippen LogP contribution in [0.4, 0.5) is 30.9 Å². The molecule has 1 aromatic carbocycles. The number of fused-ring (bicyclic) bond motifs is 1. The molecule has 47 heavy (non-hydrogen) atoms. The van der Waals surface area contributed by atoms with Crippen molar-refractivity contribution in [3.05, 3.63) is 45.5 Å². The van der Waals surface area contributed by atoms with Crippen molar-refractivity contribution < 1.29 is 42.6 Å². The zero-order chi connectivity index (χ0) is 34.3. The van der Waals surface area contributed by atoms with Crippen molar-refractivity contribution in [2.75, 3.05) is 29.2 Å². The van der Waals surface area contributed by atoms with Gasteiger partial charge in [-0.3, -0.25) is 15.0 Å². The topological polar surface area (TPSA) is 158 Å². The molecular weight excluding hydrogens is 640 g/mol. The first-order valence-electron chi connectivity index (χ1n) is 15.6. The maximum atomic E-state index is 14.0. The van der Waals surface area contributed by atoms with Gasteiger partial charge in [0.1, 0.15) is 12.2 Å². The first-order chi connectivity index (χ1) is 22.1. The second-order valence-corrected chi connectivity index (χ2v) is 14.4. The second-order valence-electron chi connectivity index (χ2n) is 13.3. The van der Waals surface area contributed by atoms with Crippen molar-refractivity contribution in [1.29, 1.82) is 0 Å². The largest absolute Gasteiger partial charge is 0.465 e. The number of ether oxygens (including phenoxy) is 4. The van der Waals surface area contributed by atoms with E-state index < -0.39 is 76.3 Å². The van der Waals surface area contributed by atoms with E-state index in [9.17, 15) is 28.8 Å². The fourth-order valence-corrected chi connectivity index (χ4v) is 6.73. The van der Waals surface area contributed by atoms with Crippen LogP contribution in [0.2, 0.25) is 0 Å². The average Bonchev–Trinajstić information content (AvgIpc) is 3.59. The highest BCUT2D eigenvalue weighted by Crippen LogP contribution is 2.49. The predicted molar refractivity (Wildman–Crippen MR) is 169 cm³/mol. The molecule has 6 atom stereocenters. The molecular formula is C31H41F2N5O8S. The molecule has 0 unspecified atom stereocenters. The van der Waals surface area contributed by atoms with Crippen LogP contribution in [-0.2, 0) is 18.9 Å². The van der Waals surface area contributed by atoms with E-state index in [-0.39, 0.29) is 23.0 Å². The first kappa shape index (κ1) is 35.1. The molecule has 0 spiro atoms. The standard InChI is InChI=1S/C31H41F2N5O8S/c1-7-12-47-28-35-26(34-20-15-22(43-10-11-44-30(2,3)4)25-24(20)45-31(5,6)46-25)23(38(41)42)27(36-28)37(29(39)40)21-14-17(21)16-8-9-18(32)19(33)13-16/h8-9,13,17,20-22,24-25H,7,10-12,14-15H2,1-6H3,(H,39,40)(H,34,35,36)/t17-,20+,21+,22-,24-,25+/m0/s1. The van der Waals surface area contributed by atoms with Gasteiger partial charge in [0.05, 0.1) is 35.9 Å². The summed E-state index contributed by atoms with van der Waals surface area (Å²) in [6.45, 7) is 12.0. The lowest BCUT2D eigenvalue weighted by Crippen LogP contribution is -2.36. The minimum atomic E-state index is -1.47. The number of carbonyl (C=O) groups is 1. The van der Waals surface area contributed by atoms with Gasteiger partial charge in [-0.25, -0.2) is 13.6 Å². The monoisotopic (exact) mass is 681 g/mol. The number of carboxylic acid groups (broad SMARTS) is 1. The highest BCUT2D eigenvalue weighted by atomic mass is 32.2. The second kappa shape index (κ2) is 13.7. The van der Waals surface area contributed by atoms with Crippen LogP contribution in [0.3, 0.4) is 0 Å². The zero-order valence-corrected chi connectivity index (χ0v) is 28.0. The third-order valence-corrected chi connectivity index (χ3v) is 9.10. The quantitative estimate of drug-likeness (QED) is 0.0823. The van der Waals surface area contributed by atoms with Crippen molar-refractivity contribution in [1.82, 2.24) is 9.97 Å². The number of amides is 1. The Hall–Kier alpha value is -3.18. The van der Waals surface area contributed by atoms with Gasteiger partial charge in [-0.2, -0.15) is 9.97 Å². The van der Waals surface area contributed by atoms with E-state index >= 15 is 0 Å². The molecule has 0 radical (unpaired) electrons. The maximum absolute atomic E-state index is 14.0. The Morgan fingerprint density at radius 2 is 1.91 bits per heavy atom. The number of hydrogen-bond donors (Lipinski definition) is 2. The lowest BCUT2D eigenvalue weighted by atomic mass is 10.1. The number of benzene rings is 1. The summed E-state index contributed by atoms with van der Waals surface area (Å²) in [6.07, 6.45) is -1.58. The zero-order valence-electron chi connectivity index (χ0n) is 27.2. The van der Waals surface area contributed by atoms with E-state index in [1.54, 1.807) is 13.8 Å². The predicted octanol–water partition coefficient (Wildman–Crippen LogP) is 6.11. The van der Waals surface area contributed by atoms with Crippen LogP contribution >= 0.6 is 11.8 Å². The van der Waals surface area contributed by atoms with Crippen molar-refractivity contribution in [2.24, 2.45) is 0 Å². The van der Waals surface area contributed by atoms with Gasteiger partial charge >= 0.3 is 11.8 Å². The molecule has 2 heterocycles. The van der Waals surface area contributed by atoms with Crippen molar-refractivity contribution in [3.8, 4) is 0 Å². The summed E-state index contributed by atoms with van der Waals surface area (Å²) in [5.41, 5.74) is -0.577. The Morgan fingerprint density at radius 3 is 2.55 bits per heavy atom. The van der Waals surface area contributed by atoms with E-state index in [4.69, 9.17) is 18.9 Å². The Morgan fingerprint density at radius 1 is 1.19 bits per heavy atom. The normalized spacial score (nSPS) is 26.2. The summed E-state index contributed by atoms with van der Waals surface area (Å²) in [5, 5.41) is 26.3. The average molecular weight is 682 g/mol. The Balaban J connectivity index is 1.46. The van der Waals surface area contributed by atoms with Crippen LogP contribution < -0.4 is 10.2 Å². The molecule has 3 aliphatic rings. The first-order valence-corrected chi connectivity index (χ1v) is 16.6. The van der Waals surface area contributed by atoms with Gasteiger partial charge in [0.15, 0.2) is 22.6 Å². The molecule has 1 aromatic heterocycles. The number of halogens is 2. The van der Waals surface area contributed by atoms with E-state index in [1.165, 1.54) is 17.8 Å². The Labute approximate surface area is 275 Å². The van der Waals surface area contributed by atoms with Crippen LogP contribution in [-0.4, -0.2) is 86.8 Å². The Kier molecular flexibility index (Phi) is 10.3. The number of hydrogen-bond acceptors (Lipinski definition) is 11. The molecule has 2 saturated carbocycles. The summed E-state index contributed by atoms with van der Waals surface area (Å²) >= 11 is 1.23. The minimum Gasteiger partial charge on any atom is -0.465 e. The van der Waals surface area contributed by atoms with E-state index in [2.05, 4.69) is 15.3 Å². The highest BCUT2D eigenvalue weighted by Gasteiger charge is 2.55. The van der Waals surface area contributed by atoms with Crippen LogP contribution in [0.1, 0.15) is 72.3 Å². The molecule has 1 amide bonds. The number of anilines is 2. The summed E-state index contributed by atoms with van der Waals surface area (Å²) in [6, 6.07) is 2.02. The lowest BCUT2D eigenvalue weighted by molar-refractivity contribution is -0.383. The number of rotatable bonds is 13. The molecule has 13 nitrogen and oxygen atoms in total. The van der Waals surface area contributed by atoms with Crippen molar-refractivity contribution in [3.63, 3.8) is 0 Å². The number of aromatic nitrogens is 2. The fourth-order valence-electron chi connectivity index (χ4n) is 6.04. The van der Waals surface area contributed by atoms with Crippen LogP contribution in [0.15, 0.2) is 23.4 Å². The molecule has 2 aromatic rings. The van der Waals surface area contributed by atoms with Crippen molar-refractivity contribution >= 4 is 35.2 Å². The van der Waals surface area contributed by atoms with E-state index in [0.29, 0.717) is 31.0 Å². The molecule has 0 bridgehead atoms. The minimum absolute atomic E-state index is 0.150. The number of thioether (sulfide) groups is 1.